The highest BCUT2D eigenvalue weighted by molar-refractivity contribution is 9.10. The van der Waals surface area contributed by atoms with Crippen molar-refractivity contribution in [3.8, 4) is 11.5 Å². The number of hydrogen-bond donors (Lipinski definition) is 1. The van der Waals surface area contributed by atoms with Gasteiger partial charge in [-0.15, -0.1) is 0 Å². The summed E-state index contributed by atoms with van der Waals surface area (Å²) in [6, 6.07) is 12.9. The van der Waals surface area contributed by atoms with E-state index >= 15 is 0 Å². The Labute approximate surface area is 164 Å². The van der Waals surface area contributed by atoms with Gasteiger partial charge in [-0.25, -0.2) is 0 Å². The average Bonchev–Trinajstić information content (AvgIpc) is 2.63. The molecular formula is C21H26BrNO3. The van der Waals surface area contributed by atoms with Gasteiger partial charge in [-0.1, -0.05) is 48.7 Å². The highest BCUT2D eigenvalue weighted by Gasteiger charge is 2.14. The largest absolute Gasteiger partial charge is 0.494 e. The third-order valence-corrected chi connectivity index (χ3v) is 4.29. The van der Waals surface area contributed by atoms with Gasteiger partial charge in [0.05, 0.1) is 18.8 Å². The highest BCUT2D eigenvalue weighted by atomic mass is 79.9. The van der Waals surface area contributed by atoms with E-state index < -0.39 is 0 Å². The fourth-order valence-corrected chi connectivity index (χ4v) is 2.69. The van der Waals surface area contributed by atoms with Crippen molar-refractivity contribution in [2.75, 3.05) is 18.5 Å². The Morgan fingerprint density at radius 2 is 1.73 bits per heavy atom. The molecule has 0 bridgehead atoms. The molecule has 5 heteroatoms. The molecule has 0 saturated heterocycles. The van der Waals surface area contributed by atoms with Crippen LogP contribution in [0.5, 0.6) is 11.5 Å². The lowest BCUT2D eigenvalue weighted by Crippen LogP contribution is -2.14. The molecule has 0 aliphatic rings. The topological polar surface area (TPSA) is 47.6 Å². The van der Waals surface area contributed by atoms with E-state index in [9.17, 15) is 4.79 Å². The van der Waals surface area contributed by atoms with E-state index in [1.807, 2.05) is 36.4 Å². The zero-order chi connectivity index (χ0) is 18.8. The summed E-state index contributed by atoms with van der Waals surface area (Å²) in [7, 11) is 0. The van der Waals surface area contributed by atoms with Gasteiger partial charge < -0.3 is 14.8 Å². The molecule has 0 fully saturated rings. The van der Waals surface area contributed by atoms with Crippen LogP contribution in [0.15, 0.2) is 46.9 Å². The second kappa shape index (κ2) is 10.9. The van der Waals surface area contributed by atoms with Crippen molar-refractivity contribution in [1.82, 2.24) is 0 Å². The summed E-state index contributed by atoms with van der Waals surface area (Å²) in [5.74, 6) is 1.14. The molecule has 26 heavy (non-hydrogen) atoms. The molecule has 0 aliphatic carbocycles. The number of benzene rings is 2. The van der Waals surface area contributed by atoms with Gasteiger partial charge >= 0.3 is 0 Å². The van der Waals surface area contributed by atoms with Crippen LogP contribution >= 0.6 is 15.9 Å². The zero-order valence-electron chi connectivity index (χ0n) is 15.4. The van der Waals surface area contributed by atoms with Crippen LogP contribution in [-0.4, -0.2) is 19.1 Å². The van der Waals surface area contributed by atoms with Gasteiger partial charge in [0.15, 0.2) is 0 Å². The number of halogens is 1. The van der Waals surface area contributed by atoms with Gasteiger partial charge in [-0.2, -0.15) is 0 Å². The summed E-state index contributed by atoms with van der Waals surface area (Å²) in [5, 5.41) is 2.93. The molecule has 1 N–H and O–H groups in total. The third-order valence-electron chi connectivity index (χ3n) is 3.80. The van der Waals surface area contributed by atoms with Crippen molar-refractivity contribution in [2.24, 2.45) is 0 Å². The Morgan fingerprint density at radius 1 is 1.00 bits per heavy atom. The minimum absolute atomic E-state index is 0.205. The summed E-state index contributed by atoms with van der Waals surface area (Å²) >= 11 is 3.42. The number of nitrogens with one attached hydrogen (secondary N) is 1. The number of unbranched alkanes of at least 4 members (excludes halogenated alkanes) is 2. The number of hydrogen-bond acceptors (Lipinski definition) is 3. The normalized spacial score (nSPS) is 10.4. The smallest absolute Gasteiger partial charge is 0.259 e. The third kappa shape index (κ3) is 6.37. The van der Waals surface area contributed by atoms with Gasteiger partial charge in [0.2, 0.25) is 0 Å². The van der Waals surface area contributed by atoms with Crippen molar-refractivity contribution in [3.05, 3.63) is 52.5 Å². The number of carbonyl (C=O) groups excluding carboxylic acids is 1. The Kier molecular flexibility index (Phi) is 8.48. The molecule has 0 unspecified atom stereocenters. The second-order valence-electron chi connectivity index (χ2n) is 6.03. The maximum atomic E-state index is 12.7. The van der Waals surface area contributed by atoms with Crippen LogP contribution in [0.4, 0.5) is 5.69 Å². The quantitative estimate of drug-likeness (QED) is 0.476. The Balaban J connectivity index is 2.09. The monoisotopic (exact) mass is 419 g/mol. The number of rotatable bonds is 10. The first-order chi connectivity index (χ1) is 12.6. The highest BCUT2D eigenvalue weighted by Crippen LogP contribution is 2.25. The van der Waals surface area contributed by atoms with Crippen LogP contribution in [0, 0.1) is 0 Å². The molecule has 2 aromatic rings. The molecule has 0 radical (unpaired) electrons. The first kappa shape index (κ1) is 20.3. The summed E-state index contributed by atoms with van der Waals surface area (Å²) < 4.78 is 12.3. The molecule has 0 aliphatic heterocycles. The van der Waals surface area contributed by atoms with Crippen molar-refractivity contribution in [2.45, 2.75) is 39.5 Å². The SMILES string of the molecule is CCCCOc1cccc(NC(=O)c2cc(Br)ccc2OCCCC)c1. The minimum Gasteiger partial charge on any atom is -0.494 e. The molecule has 1 amide bonds. The lowest BCUT2D eigenvalue weighted by Gasteiger charge is -2.13. The number of carbonyl (C=O) groups is 1. The predicted molar refractivity (Wildman–Crippen MR) is 109 cm³/mol. The van der Waals surface area contributed by atoms with E-state index in [0.717, 1.165) is 35.9 Å². The van der Waals surface area contributed by atoms with Crippen LogP contribution in [0.1, 0.15) is 49.9 Å². The van der Waals surface area contributed by atoms with Gasteiger partial charge in [-0.3, -0.25) is 4.79 Å². The van der Waals surface area contributed by atoms with Gasteiger partial charge in [0.1, 0.15) is 11.5 Å². The van der Waals surface area contributed by atoms with Crippen LogP contribution < -0.4 is 14.8 Å². The van der Waals surface area contributed by atoms with Gasteiger partial charge in [-0.05, 0) is 43.2 Å². The summed E-state index contributed by atoms with van der Waals surface area (Å²) in [5.41, 5.74) is 1.20. The lowest BCUT2D eigenvalue weighted by molar-refractivity contribution is 0.102. The average molecular weight is 420 g/mol. The molecule has 4 nitrogen and oxygen atoms in total. The van der Waals surface area contributed by atoms with Crippen LogP contribution in [-0.2, 0) is 0 Å². The summed E-state index contributed by atoms with van der Waals surface area (Å²) in [6.45, 7) is 5.50. The molecule has 140 valence electrons. The first-order valence-electron chi connectivity index (χ1n) is 9.10. The lowest BCUT2D eigenvalue weighted by atomic mass is 10.1. The van der Waals surface area contributed by atoms with Crippen molar-refractivity contribution in [1.29, 1.82) is 0 Å². The molecule has 0 atom stereocenters. The maximum Gasteiger partial charge on any atom is 0.259 e. The number of ether oxygens (including phenoxy) is 2. The first-order valence-corrected chi connectivity index (χ1v) is 9.90. The van der Waals surface area contributed by atoms with Crippen molar-refractivity contribution >= 4 is 27.5 Å². The molecule has 2 aromatic carbocycles. The minimum atomic E-state index is -0.205. The molecule has 0 heterocycles. The van der Waals surface area contributed by atoms with E-state index in [2.05, 4.69) is 35.1 Å². The number of anilines is 1. The zero-order valence-corrected chi connectivity index (χ0v) is 17.0. The fourth-order valence-electron chi connectivity index (χ4n) is 2.33. The number of amides is 1. The van der Waals surface area contributed by atoms with E-state index in [-0.39, 0.29) is 5.91 Å². The summed E-state index contributed by atoms with van der Waals surface area (Å²) in [4.78, 5) is 12.7. The van der Waals surface area contributed by atoms with Crippen LogP contribution in [0.2, 0.25) is 0 Å². The molecule has 0 aromatic heterocycles. The van der Waals surface area contributed by atoms with E-state index in [0.29, 0.717) is 30.2 Å². The maximum absolute atomic E-state index is 12.7. The fraction of sp³-hybridized carbons (Fsp3) is 0.381. The van der Waals surface area contributed by atoms with Gasteiger partial charge in [0, 0.05) is 16.2 Å². The van der Waals surface area contributed by atoms with E-state index in [1.165, 1.54) is 0 Å². The van der Waals surface area contributed by atoms with Crippen LogP contribution in [0.25, 0.3) is 0 Å². The standard InChI is InChI=1S/C21H26BrNO3/c1-3-5-12-25-18-9-7-8-17(15-18)23-21(24)19-14-16(22)10-11-20(19)26-13-6-4-2/h7-11,14-15H,3-6,12-13H2,1-2H3,(H,23,24). The van der Waals surface area contributed by atoms with Crippen molar-refractivity contribution in [3.63, 3.8) is 0 Å². The van der Waals surface area contributed by atoms with Crippen molar-refractivity contribution < 1.29 is 14.3 Å². The second-order valence-corrected chi connectivity index (χ2v) is 6.94. The molecule has 2 rings (SSSR count). The predicted octanol–water partition coefficient (Wildman–Crippen LogP) is 6.06. The molecular weight excluding hydrogens is 394 g/mol. The molecule has 0 saturated carbocycles. The Hall–Kier alpha value is -2.01. The molecule has 0 spiro atoms. The van der Waals surface area contributed by atoms with Gasteiger partial charge in [0.25, 0.3) is 5.91 Å². The Morgan fingerprint density at radius 3 is 2.46 bits per heavy atom. The Bertz CT molecular complexity index is 718. The summed E-state index contributed by atoms with van der Waals surface area (Å²) in [6.07, 6.45) is 4.09. The van der Waals surface area contributed by atoms with E-state index in [4.69, 9.17) is 9.47 Å². The van der Waals surface area contributed by atoms with Crippen LogP contribution in [0.3, 0.4) is 0 Å². The van der Waals surface area contributed by atoms with E-state index in [1.54, 1.807) is 6.07 Å².